The Labute approximate surface area is 201 Å². The van der Waals surface area contributed by atoms with Gasteiger partial charge in [0.25, 0.3) is 5.91 Å². The second-order valence-electron chi connectivity index (χ2n) is 7.37. The van der Waals surface area contributed by atoms with E-state index in [0.29, 0.717) is 62.0 Å². The Bertz CT molecular complexity index is 1100. The fourth-order valence-corrected chi connectivity index (χ4v) is 4.51. The molecule has 1 fully saturated rings. The number of thiazole rings is 1. The van der Waals surface area contributed by atoms with Gasteiger partial charge in [0.2, 0.25) is 5.88 Å². The molecule has 0 aliphatic carbocycles. The summed E-state index contributed by atoms with van der Waals surface area (Å²) in [5.41, 5.74) is 2.20. The number of rotatable bonds is 11. The molecular formula is C23H28N4O6S. The zero-order valence-corrected chi connectivity index (χ0v) is 20.1. The molecule has 0 atom stereocenters. The lowest BCUT2D eigenvalue weighted by atomic mass is 10.2. The molecule has 10 nitrogen and oxygen atoms in total. The summed E-state index contributed by atoms with van der Waals surface area (Å²) in [6.07, 6.45) is 1.54. The van der Waals surface area contributed by atoms with Crippen molar-refractivity contribution < 1.29 is 28.5 Å². The van der Waals surface area contributed by atoms with E-state index >= 15 is 0 Å². The van der Waals surface area contributed by atoms with E-state index in [9.17, 15) is 4.79 Å². The maximum atomic E-state index is 12.9. The van der Waals surface area contributed by atoms with Crippen molar-refractivity contribution in [2.45, 2.75) is 0 Å². The van der Waals surface area contributed by atoms with Gasteiger partial charge in [-0.1, -0.05) is 11.3 Å². The van der Waals surface area contributed by atoms with E-state index in [1.165, 1.54) is 17.5 Å². The van der Waals surface area contributed by atoms with E-state index in [2.05, 4.69) is 20.2 Å². The summed E-state index contributed by atoms with van der Waals surface area (Å²) in [6.45, 7) is 4.72. The number of benzene rings is 1. The number of amides is 1. The topological polar surface area (TPSA) is 104 Å². The molecule has 3 aromatic rings. The molecule has 34 heavy (non-hydrogen) atoms. The Balaban J connectivity index is 1.45. The first-order valence-corrected chi connectivity index (χ1v) is 11.8. The molecule has 11 heteroatoms. The molecule has 2 aromatic heterocycles. The molecule has 1 N–H and O–H groups in total. The standard InChI is InChI=1S/C23H28N4O6S/c1-29-11-12-32-13-14-33-19-15-16(5-6-24-19)22(28)26-23-25-20-18(30-2)4-3-17(21(20)34-23)27-7-9-31-10-8-27/h3-6,15H,7-14H2,1-2H3,(H,25,26,28). The van der Waals surface area contributed by atoms with Crippen LogP contribution >= 0.6 is 11.3 Å². The number of pyridine rings is 1. The third-order valence-corrected chi connectivity index (χ3v) is 6.18. The van der Waals surface area contributed by atoms with Crippen LogP contribution in [0.5, 0.6) is 11.6 Å². The first-order valence-electron chi connectivity index (χ1n) is 11.0. The zero-order chi connectivity index (χ0) is 23.8. The Morgan fingerprint density at radius 2 is 1.97 bits per heavy atom. The summed E-state index contributed by atoms with van der Waals surface area (Å²) in [5.74, 6) is 0.717. The van der Waals surface area contributed by atoms with Crippen LogP contribution in [0.1, 0.15) is 10.4 Å². The SMILES string of the molecule is COCCOCCOc1cc(C(=O)Nc2nc3c(OC)ccc(N4CCOCC4)c3s2)ccn1. The molecule has 3 heterocycles. The van der Waals surface area contributed by atoms with Gasteiger partial charge in [-0.25, -0.2) is 9.97 Å². The number of anilines is 2. The van der Waals surface area contributed by atoms with Gasteiger partial charge in [-0.3, -0.25) is 10.1 Å². The predicted molar refractivity (Wildman–Crippen MR) is 130 cm³/mol. The van der Waals surface area contributed by atoms with Crippen molar-refractivity contribution >= 4 is 38.3 Å². The summed E-state index contributed by atoms with van der Waals surface area (Å²) in [6, 6.07) is 7.16. The maximum absolute atomic E-state index is 12.9. The number of nitrogens with one attached hydrogen (secondary N) is 1. The van der Waals surface area contributed by atoms with E-state index < -0.39 is 0 Å². The second-order valence-corrected chi connectivity index (χ2v) is 8.37. The van der Waals surface area contributed by atoms with Gasteiger partial charge in [0.1, 0.15) is 17.9 Å². The molecule has 1 aliphatic heterocycles. The summed E-state index contributed by atoms with van der Waals surface area (Å²) in [4.78, 5) is 24.0. The zero-order valence-electron chi connectivity index (χ0n) is 19.2. The van der Waals surface area contributed by atoms with Gasteiger partial charge in [-0.05, 0) is 18.2 Å². The average molecular weight is 489 g/mol. The molecule has 4 rings (SSSR count). The number of nitrogens with zero attached hydrogens (tertiary/aromatic N) is 3. The predicted octanol–water partition coefficient (Wildman–Crippen LogP) is 2.83. The second kappa shape index (κ2) is 11.9. The third kappa shape index (κ3) is 5.92. The summed E-state index contributed by atoms with van der Waals surface area (Å²) >= 11 is 1.42. The van der Waals surface area contributed by atoms with Crippen molar-refractivity contribution in [1.29, 1.82) is 0 Å². The summed E-state index contributed by atoms with van der Waals surface area (Å²) in [7, 11) is 3.23. The van der Waals surface area contributed by atoms with E-state index in [4.69, 9.17) is 23.7 Å². The first-order chi connectivity index (χ1) is 16.7. The molecule has 0 spiro atoms. The molecule has 0 unspecified atom stereocenters. The largest absolute Gasteiger partial charge is 0.494 e. The van der Waals surface area contributed by atoms with Crippen LogP contribution < -0.4 is 19.7 Å². The number of fused-ring (bicyclic) bond motifs is 1. The molecule has 1 saturated heterocycles. The number of carbonyl (C=O) groups is 1. The fourth-order valence-electron chi connectivity index (χ4n) is 3.49. The van der Waals surface area contributed by atoms with Gasteiger partial charge >= 0.3 is 0 Å². The summed E-state index contributed by atoms with van der Waals surface area (Å²) < 4.78 is 27.8. The van der Waals surface area contributed by atoms with Crippen LogP contribution in [0.2, 0.25) is 0 Å². The minimum atomic E-state index is -0.297. The lowest BCUT2D eigenvalue weighted by Gasteiger charge is -2.29. The summed E-state index contributed by atoms with van der Waals surface area (Å²) in [5, 5.41) is 3.39. The van der Waals surface area contributed by atoms with Crippen LogP contribution in [-0.2, 0) is 14.2 Å². The monoisotopic (exact) mass is 488 g/mol. The normalized spacial score (nSPS) is 13.8. The number of carbonyl (C=O) groups excluding carboxylic acids is 1. The lowest BCUT2D eigenvalue weighted by molar-refractivity contribution is 0.0536. The minimum absolute atomic E-state index is 0.297. The van der Waals surface area contributed by atoms with E-state index in [1.807, 2.05) is 12.1 Å². The number of hydrogen-bond acceptors (Lipinski definition) is 10. The highest BCUT2D eigenvalue weighted by Crippen LogP contribution is 2.39. The molecule has 1 amide bonds. The highest BCUT2D eigenvalue weighted by molar-refractivity contribution is 7.23. The molecule has 1 aromatic carbocycles. The molecular weight excluding hydrogens is 460 g/mol. The van der Waals surface area contributed by atoms with Crippen LogP contribution in [0.15, 0.2) is 30.5 Å². The number of ether oxygens (including phenoxy) is 5. The van der Waals surface area contributed by atoms with Crippen LogP contribution in [0, 0.1) is 0 Å². The Kier molecular flexibility index (Phi) is 8.47. The van der Waals surface area contributed by atoms with Gasteiger partial charge in [-0.15, -0.1) is 0 Å². The molecule has 0 radical (unpaired) electrons. The van der Waals surface area contributed by atoms with E-state index in [-0.39, 0.29) is 5.91 Å². The number of morpholine rings is 1. The third-order valence-electron chi connectivity index (χ3n) is 5.18. The van der Waals surface area contributed by atoms with E-state index in [0.717, 1.165) is 29.0 Å². The highest BCUT2D eigenvalue weighted by atomic mass is 32.1. The van der Waals surface area contributed by atoms with Crippen molar-refractivity contribution in [3.05, 3.63) is 36.0 Å². The van der Waals surface area contributed by atoms with Crippen molar-refractivity contribution in [3.63, 3.8) is 0 Å². The van der Waals surface area contributed by atoms with Gasteiger partial charge in [0.05, 0.1) is 50.5 Å². The quantitative estimate of drug-likeness (QED) is 0.408. The number of aromatic nitrogens is 2. The lowest BCUT2D eigenvalue weighted by Crippen LogP contribution is -2.36. The Hall–Kier alpha value is -2.99. The molecule has 0 saturated carbocycles. The fraction of sp³-hybridized carbons (Fsp3) is 0.435. The van der Waals surface area contributed by atoms with Crippen LogP contribution in [0.4, 0.5) is 10.8 Å². The van der Waals surface area contributed by atoms with Crippen molar-refractivity contribution in [2.24, 2.45) is 0 Å². The van der Waals surface area contributed by atoms with Crippen molar-refractivity contribution in [3.8, 4) is 11.6 Å². The number of hydrogen-bond donors (Lipinski definition) is 1. The molecule has 0 bridgehead atoms. The van der Waals surface area contributed by atoms with Gasteiger partial charge in [-0.2, -0.15) is 0 Å². The van der Waals surface area contributed by atoms with Crippen molar-refractivity contribution in [1.82, 2.24) is 9.97 Å². The average Bonchev–Trinajstić information content (AvgIpc) is 3.30. The van der Waals surface area contributed by atoms with Gasteiger partial charge in [0, 0.05) is 38.0 Å². The molecule has 1 aliphatic rings. The van der Waals surface area contributed by atoms with Crippen LogP contribution in [0.3, 0.4) is 0 Å². The van der Waals surface area contributed by atoms with Crippen LogP contribution in [0.25, 0.3) is 10.2 Å². The first kappa shape index (κ1) is 24.1. The molecule has 182 valence electrons. The van der Waals surface area contributed by atoms with Gasteiger partial charge in [0.15, 0.2) is 5.13 Å². The van der Waals surface area contributed by atoms with Gasteiger partial charge < -0.3 is 28.6 Å². The minimum Gasteiger partial charge on any atom is -0.494 e. The Morgan fingerprint density at radius 1 is 1.15 bits per heavy atom. The smallest absolute Gasteiger partial charge is 0.257 e. The van der Waals surface area contributed by atoms with Crippen molar-refractivity contribution in [2.75, 3.05) is 77.2 Å². The Morgan fingerprint density at radius 3 is 2.76 bits per heavy atom. The van der Waals surface area contributed by atoms with E-state index in [1.54, 1.807) is 26.4 Å². The highest BCUT2D eigenvalue weighted by Gasteiger charge is 2.20. The van der Waals surface area contributed by atoms with Crippen LogP contribution in [-0.4, -0.2) is 82.8 Å². The maximum Gasteiger partial charge on any atom is 0.257 e. The number of methoxy groups -OCH3 is 2.